The van der Waals surface area contributed by atoms with Crippen molar-refractivity contribution in [2.45, 2.75) is 50.5 Å². The van der Waals surface area contributed by atoms with Gasteiger partial charge in [0, 0.05) is 23.4 Å². The minimum atomic E-state index is -0.357. The first-order valence-corrected chi connectivity index (χ1v) is 7.57. The molecule has 1 aromatic rings. The van der Waals surface area contributed by atoms with Crippen LogP contribution in [0.4, 0.5) is 4.39 Å². The number of ketones is 1. The number of carbonyl (C=O) groups is 1. The average molecular weight is 298 g/mol. The number of carbonyl (C=O) groups excluding carboxylic acids is 1. The van der Waals surface area contributed by atoms with E-state index in [9.17, 15) is 9.18 Å². The van der Waals surface area contributed by atoms with Gasteiger partial charge >= 0.3 is 0 Å². The summed E-state index contributed by atoms with van der Waals surface area (Å²) in [6, 6.07) is 4.36. The number of hydrogen-bond acceptors (Lipinski definition) is 2. The fourth-order valence-electron chi connectivity index (χ4n) is 3.07. The topological polar surface area (TPSA) is 29.1 Å². The summed E-state index contributed by atoms with van der Waals surface area (Å²) in [4.78, 5) is 12.3. The number of rotatable bonds is 5. The Morgan fingerprint density at radius 3 is 2.70 bits per heavy atom. The quantitative estimate of drug-likeness (QED) is 0.893. The van der Waals surface area contributed by atoms with E-state index in [0.717, 1.165) is 25.7 Å². The first-order valence-electron chi connectivity index (χ1n) is 7.19. The maximum Gasteiger partial charge on any atom is 0.139 e. The summed E-state index contributed by atoms with van der Waals surface area (Å²) in [5.41, 5.74) is 0.300. The van der Waals surface area contributed by atoms with Gasteiger partial charge in [-0.1, -0.05) is 30.9 Å². The van der Waals surface area contributed by atoms with Gasteiger partial charge in [-0.25, -0.2) is 4.39 Å². The number of hydrogen-bond donors (Lipinski definition) is 1. The van der Waals surface area contributed by atoms with Gasteiger partial charge in [0.25, 0.3) is 0 Å². The molecule has 0 atom stereocenters. The van der Waals surface area contributed by atoms with Crippen LogP contribution in [-0.4, -0.2) is 18.4 Å². The second kappa shape index (κ2) is 6.68. The van der Waals surface area contributed by atoms with E-state index in [2.05, 4.69) is 5.32 Å². The molecule has 0 heterocycles. The number of Topliss-reactive ketones (excluding diaryl/α,β-unsaturated/α-hetero) is 1. The molecule has 0 aromatic heterocycles. The molecule has 1 fully saturated rings. The van der Waals surface area contributed by atoms with Gasteiger partial charge in [-0.05, 0) is 43.7 Å². The Kier molecular flexibility index (Phi) is 5.17. The van der Waals surface area contributed by atoms with Crippen molar-refractivity contribution in [1.29, 1.82) is 0 Å². The maximum atomic E-state index is 13.7. The molecule has 1 saturated carbocycles. The monoisotopic (exact) mass is 297 g/mol. The van der Waals surface area contributed by atoms with Crippen molar-refractivity contribution in [3.8, 4) is 0 Å². The summed E-state index contributed by atoms with van der Waals surface area (Å²) in [6.07, 6.45) is 6.17. The standard InChI is InChI=1S/C16H21ClFNO/c1-19-16(7-3-2-4-8-16)11-14(20)10-12-9-13(17)5-6-15(12)18/h5-6,9,19H,2-4,7-8,10-11H2,1H3. The molecule has 0 amide bonds. The molecule has 0 aliphatic heterocycles. The Labute approximate surface area is 124 Å². The van der Waals surface area contributed by atoms with Gasteiger partial charge in [-0.3, -0.25) is 4.79 Å². The van der Waals surface area contributed by atoms with Crippen LogP contribution in [-0.2, 0) is 11.2 Å². The molecule has 110 valence electrons. The van der Waals surface area contributed by atoms with E-state index in [1.165, 1.54) is 18.6 Å². The summed E-state index contributed by atoms with van der Waals surface area (Å²) in [5, 5.41) is 3.79. The van der Waals surface area contributed by atoms with Gasteiger partial charge in [0.15, 0.2) is 0 Å². The molecule has 2 nitrogen and oxygen atoms in total. The van der Waals surface area contributed by atoms with Crippen LogP contribution < -0.4 is 5.32 Å². The van der Waals surface area contributed by atoms with Crippen LogP contribution in [0.25, 0.3) is 0 Å². The minimum absolute atomic E-state index is 0.0717. The molecule has 0 spiro atoms. The van der Waals surface area contributed by atoms with Gasteiger partial charge in [0.1, 0.15) is 11.6 Å². The van der Waals surface area contributed by atoms with Crippen LogP contribution in [0.1, 0.15) is 44.1 Å². The second-order valence-electron chi connectivity index (χ2n) is 5.72. The highest BCUT2D eigenvalue weighted by Gasteiger charge is 2.32. The minimum Gasteiger partial charge on any atom is -0.314 e. The van der Waals surface area contributed by atoms with Gasteiger partial charge in [0.2, 0.25) is 0 Å². The van der Waals surface area contributed by atoms with Crippen molar-refractivity contribution in [2.24, 2.45) is 0 Å². The number of halogens is 2. The normalized spacial score (nSPS) is 17.9. The Morgan fingerprint density at radius 1 is 1.35 bits per heavy atom. The molecule has 0 bridgehead atoms. The Morgan fingerprint density at radius 2 is 2.05 bits per heavy atom. The van der Waals surface area contributed by atoms with E-state index in [0.29, 0.717) is 17.0 Å². The van der Waals surface area contributed by atoms with Gasteiger partial charge in [-0.2, -0.15) is 0 Å². The van der Waals surface area contributed by atoms with Crippen molar-refractivity contribution in [3.05, 3.63) is 34.6 Å². The van der Waals surface area contributed by atoms with Crippen LogP contribution in [0.2, 0.25) is 5.02 Å². The zero-order chi connectivity index (χ0) is 14.6. The second-order valence-corrected chi connectivity index (χ2v) is 6.16. The van der Waals surface area contributed by atoms with Crippen LogP contribution in [0.3, 0.4) is 0 Å². The highest BCUT2D eigenvalue weighted by atomic mass is 35.5. The van der Waals surface area contributed by atoms with E-state index in [1.54, 1.807) is 6.07 Å². The molecule has 0 saturated heterocycles. The molecule has 2 rings (SSSR count). The predicted molar refractivity (Wildman–Crippen MR) is 79.6 cm³/mol. The lowest BCUT2D eigenvalue weighted by Gasteiger charge is -2.36. The molecular weight excluding hydrogens is 277 g/mol. The molecule has 1 N–H and O–H groups in total. The molecule has 1 aliphatic carbocycles. The average Bonchev–Trinajstić information content (AvgIpc) is 2.44. The molecule has 0 radical (unpaired) electrons. The molecule has 1 aromatic carbocycles. The fraction of sp³-hybridized carbons (Fsp3) is 0.562. The van der Waals surface area contributed by atoms with Crippen molar-refractivity contribution in [1.82, 2.24) is 5.32 Å². The zero-order valence-electron chi connectivity index (χ0n) is 11.8. The third-order valence-corrected chi connectivity index (χ3v) is 4.51. The number of nitrogens with one attached hydrogen (secondary N) is 1. The summed E-state index contributed by atoms with van der Waals surface area (Å²) >= 11 is 5.86. The predicted octanol–water partition coefficient (Wildman–Crippen LogP) is 3.90. The lowest BCUT2D eigenvalue weighted by molar-refractivity contribution is -0.120. The molecule has 0 unspecified atom stereocenters. The molecule has 4 heteroatoms. The summed E-state index contributed by atoms with van der Waals surface area (Å²) in [6.45, 7) is 0. The lowest BCUT2D eigenvalue weighted by atomic mass is 9.78. The lowest BCUT2D eigenvalue weighted by Crippen LogP contribution is -2.46. The van der Waals surface area contributed by atoms with Crippen LogP contribution in [0.5, 0.6) is 0 Å². The first kappa shape index (κ1) is 15.5. The van der Waals surface area contributed by atoms with Gasteiger partial charge in [-0.15, -0.1) is 0 Å². The SMILES string of the molecule is CNC1(CC(=O)Cc2cc(Cl)ccc2F)CCCCC1. The first-order chi connectivity index (χ1) is 9.54. The largest absolute Gasteiger partial charge is 0.314 e. The Hall–Kier alpha value is -0.930. The van der Waals surface area contributed by atoms with Crippen molar-refractivity contribution in [3.63, 3.8) is 0 Å². The van der Waals surface area contributed by atoms with E-state index in [-0.39, 0.29) is 23.6 Å². The third-order valence-electron chi connectivity index (χ3n) is 4.27. The Balaban J connectivity index is 2.02. The van der Waals surface area contributed by atoms with Crippen LogP contribution in [0, 0.1) is 5.82 Å². The molecule has 1 aliphatic rings. The molecular formula is C16H21ClFNO. The summed E-state index contributed by atoms with van der Waals surface area (Å²) < 4.78 is 13.7. The van der Waals surface area contributed by atoms with Gasteiger partial charge in [0.05, 0.1) is 0 Å². The van der Waals surface area contributed by atoms with Crippen LogP contribution >= 0.6 is 11.6 Å². The van der Waals surface area contributed by atoms with E-state index < -0.39 is 0 Å². The van der Waals surface area contributed by atoms with Crippen molar-refractivity contribution in [2.75, 3.05) is 7.05 Å². The highest BCUT2D eigenvalue weighted by Crippen LogP contribution is 2.31. The summed E-state index contributed by atoms with van der Waals surface area (Å²) in [7, 11) is 1.92. The Bertz CT molecular complexity index is 483. The van der Waals surface area contributed by atoms with Crippen LogP contribution in [0.15, 0.2) is 18.2 Å². The zero-order valence-corrected chi connectivity index (χ0v) is 12.6. The fourth-order valence-corrected chi connectivity index (χ4v) is 3.27. The van der Waals surface area contributed by atoms with E-state index in [1.807, 2.05) is 7.05 Å². The third kappa shape index (κ3) is 3.80. The number of benzene rings is 1. The highest BCUT2D eigenvalue weighted by molar-refractivity contribution is 6.30. The molecule has 20 heavy (non-hydrogen) atoms. The van der Waals surface area contributed by atoms with E-state index in [4.69, 9.17) is 11.6 Å². The summed E-state index contributed by atoms with van der Waals surface area (Å²) in [5.74, 6) is -0.285. The van der Waals surface area contributed by atoms with E-state index >= 15 is 0 Å². The van der Waals surface area contributed by atoms with Crippen molar-refractivity contribution < 1.29 is 9.18 Å². The van der Waals surface area contributed by atoms with Gasteiger partial charge < -0.3 is 5.32 Å². The van der Waals surface area contributed by atoms with Crippen molar-refractivity contribution >= 4 is 17.4 Å². The maximum absolute atomic E-state index is 13.7. The smallest absolute Gasteiger partial charge is 0.139 e.